The number of hydrogen-bond donors (Lipinski definition) is 2. The molecule has 0 aliphatic carbocycles. The van der Waals surface area contributed by atoms with Gasteiger partial charge in [-0.05, 0) is 31.9 Å². The largest absolute Gasteiger partial charge is 0.478 e. The molecular weight excluding hydrogens is 314 g/mol. The van der Waals surface area contributed by atoms with Crippen LogP contribution in [-0.2, 0) is 4.74 Å². The number of benzene rings is 1. The number of nitrogens with one attached hydrogen (secondary N) is 1. The average molecular weight is 343 g/mol. The van der Waals surface area contributed by atoms with E-state index >= 15 is 0 Å². The van der Waals surface area contributed by atoms with Crippen molar-refractivity contribution in [2.24, 2.45) is 0 Å². The molecule has 0 bridgehead atoms. The van der Waals surface area contributed by atoms with Crippen molar-refractivity contribution in [3.63, 3.8) is 0 Å². The van der Waals surface area contributed by atoms with Gasteiger partial charge in [0.25, 0.3) is 0 Å². The number of H-pyrrole nitrogens is 1. The minimum Gasteiger partial charge on any atom is -0.478 e. The molecule has 2 rings (SSSR count). The second kappa shape index (κ2) is 13.8. The van der Waals surface area contributed by atoms with Crippen molar-refractivity contribution in [2.75, 3.05) is 13.7 Å². The molecule has 1 aromatic carbocycles. The molecular formula is C21H29NO3. The normalized spacial score (nSPS) is 8.96. The van der Waals surface area contributed by atoms with Gasteiger partial charge in [0.05, 0.1) is 17.9 Å². The zero-order chi connectivity index (χ0) is 19.1. The number of aromatic amines is 1. The van der Waals surface area contributed by atoms with Gasteiger partial charge in [-0.25, -0.2) is 4.79 Å². The first-order valence-corrected chi connectivity index (χ1v) is 8.17. The highest BCUT2D eigenvalue weighted by Crippen LogP contribution is 2.21. The number of carboxylic acid groups (broad SMARTS) is 1. The third-order valence-corrected chi connectivity index (χ3v) is 2.94. The van der Waals surface area contributed by atoms with Crippen LogP contribution in [0.3, 0.4) is 0 Å². The van der Waals surface area contributed by atoms with Crippen LogP contribution in [0.2, 0.25) is 0 Å². The van der Waals surface area contributed by atoms with Crippen molar-refractivity contribution < 1.29 is 14.6 Å². The summed E-state index contributed by atoms with van der Waals surface area (Å²) in [6, 6.07) is 11.0. The Morgan fingerprint density at radius 1 is 1.24 bits per heavy atom. The molecule has 1 heterocycles. The second-order valence-corrected chi connectivity index (χ2v) is 5.37. The molecule has 0 spiro atoms. The van der Waals surface area contributed by atoms with Gasteiger partial charge in [-0.1, -0.05) is 55.0 Å². The van der Waals surface area contributed by atoms with Gasteiger partial charge in [-0.3, -0.25) is 0 Å². The van der Waals surface area contributed by atoms with Gasteiger partial charge in [-0.15, -0.1) is 6.58 Å². The first kappa shape index (κ1) is 22.4. The molecule has 0 atom stereocenters. The third-order valence-electron chi connectivity index (χ3n) is 2.94. The number of carbonyl (C=O) groups is 1. The fourth-order valence-corrected chi connectivity index (χ4v) is 1.92. The molecule has 1 aromatic heterocycles. The summed E-state index contributed by atoms with van der Waals surface area (Å²) in [7, 11) is 1.64. The predicted octanol–water partition coefficient (Wildman–Crippen LogP) is 5.56. The maximum Gasteiger partial charge on any atom is 0.337 e. The Labute approximate surface area is 150 Å². The Morgan fingerprint density at radius 2 is 1.88 bits per heavy atom. The van der Waals surface area contributed by atoms with Crippen LogP contribution in [0, 0.1) is 0 Å². The topological polar surface area (TPSA) is 62.3 Å². The Morgan fingerprint density at radius 3 is 2.24 bits per heavy atom. The van der Waals surface area contributed by atoms with E-state index in [2.05, 4.69) is 43.1 Å². The van der Waals surface area contributed by atoms with Gasteiger partial charge in [0.2, 0.25) is 0 Å². The molecule has 25 heavy (non-hydrogen) atoms. The van der Waals surface area contributed by atoms with Crippen LogP contribution >= 0.6 is 0 Å². The van der Waals surface area contributed by atoms with E-state index in [9.17, 15) is 4.79 Å². The molecule has 0 radical (unpaired) electrons. The van der Waals surface area contributed by atoms with Crippen molar-refractivity contribution in [2.45, 2.75) is 27.2 Å². The van der Waals surface area contributed by atoms with Crippen molar-refractivity contribution in [3.8, 4) is 11.3 Å². The van der Waals surface area contributed by atoms with E-state index in [1.54, 1.807) is 25.4 Å². The van der Waals surface area contributed by atoms with Crippen LogP contribution in [0.5, 0.6) is 0 Å². The summed E-state index contributed by atoms with van der Waals surface area (Å²) in [6.07, 6.45) is 6.72. The maximum absolute atomic E-state index is 10.8. The Bertz CT molecular complexity index is 638. The molecule has 4 nitrogen and oxygen atoms in total. The third kappa shape index (κ3) is 9.99. The van der Waals surface area contributed by atoms with Crippen LogP contribution in [0.25, 0.3) is 11.3 Å². The van der Waals surface area contributed by atoms with Gasteiger partial charge in [-0.2, -0.15) is 0 Å². The first-order chi connectivity index (χ1) is 12.0. The molecule has 0 aliphatic heterocycles. The quantitative estimate of drug-likeness (QED) is 0.698. The number of hydrogen-bond acceptors (Lipinski definition) is 2. The number of aromatic nitrogens is 1. The Balaban J connectivity index is 0.000000438. The minimum absolute atomic E-state index is 0.302. The summed E-state index contributed by atoms with van der Waals surface area (Å²) >= 11 is 0. The SMILES string of the molecule is C=CCOC.CCC=C(C)C.O=C(O)c1cc[nH]c1-c1ccccc1. The number of ether oxygens (including phenoxy) is 1. The van der Waals surface area contributed by atoms with Gasteiger partial charge >= 0.3 is 5.97 Å². The highest BCUT2D eigenvalue weighted by molar-refractivity contribution is 5.94. The number of carboxylic acids is 1. The van der Waals surface area contributed by atoms with E-state index in [0.717, 1.165) is 5.56 Å². The lowest BCUT2D eigenvalue weighted by atomic mass is 10.1. The van der Waals surface area contributed by atoms with Crippen LogP contribution in [0.15, 0.2) is 66.9 Å². The summed E-state index contributed by atoms with van der Waals surface area (Å²) in [4.78, 5) is 13.8. The molecule has 0 unspecified atom stereocenters. The minimum atomic E-state index is -0.912. The molecule has 4 heteroatoms. The summed E-state index contributed by atoms with van der Waals surface area (Å²) in [5, 5.41) is 8.90. The van der Waals surface area contributed by atoms with Gasteiger partial charge in [0, 0.05) is 13.3 Å². The lowest BCUT2D eigenvalue weighted by molar-refractivity contribution is 0.0698. The fourth-order valence-electron chi connectivity index (χ4n) is 1.92. The number of allylic oxidation sites excluding steroid dienone is 2. The second-order valence-electron chi connectivity index (χ2n) is 5.37. The maximum atomic E-state index is 10.8. The first-order valence-electron chi connectivity index (χ1n) is 8.17. The van der Waals surface area contributed by atoms with Gasteiger partial charge < -0.3 is 14.8 Å². The summed E-state index contributed by atoms with van der Waals surface area (Å²) in [6.45, 7) is 10.5. The van der Waals surface area contributed by atoms with Crippen LogP contribution < -0.4 is 0 Å². The molecule has 0 fully saturated rings. The van der Waals surface area contributed by atoms with Gasteiger partial charge in [0.15, 0.2) is 0 Å². The molecule has 0 saturated heterocycles. The number of rotatable bonds is 5. The van der Waals surface area contributed by atoms with Gasteiger partial charge in [0.1, 0.15) is 0 Å². The molecule has 136 valence electrons. The van der Waals surface area contributed by atoms with E-state index in [-0.39, 0.29) is 0 Å². The molecule has 2 N–H and O–H groups in total. The molecule has 2 aromatic rings. The smallest absolute Gasteiger partial charge is 0.337 e. The van der Waals surface area contributed by atoms with Crippen molar-refractivity contribution in [1.29, 1.82) is 0 Å². The highest BCUT2D eigenvalue weighted by Gasteiger charge is 2.11. The standard InChI is InChI=1S/C11H9NO2.C6H12.C4H8O/c13-11(14)9-6-7-12-10(9)8-4-2-1-3-5-8;1-4-5-6(2)3;1-3-4-5-2/h1-7,12H,(H,13,14);5H,4H2,1-3H3;3H,1,4H2,2H3. The van der Waals surface area contributed by atoms with Crippen LogP contribution in [0.1, 0.15) is 37.6 Å². The predicted molar refractivity (Wildman–Crippen MR) is 105 cm³/mol. The van der Waals surface area contributed by atoms with Crippen molar-refractivity contribution in [3.05, 3.63) is 72.5 Å². The van der Waals surface area contributed by atoms with E-state index in [0.29, 0.717) is 17.9 Å². The molecule has 0 saturated carbocycles. The van der Waals surface area contributed by atoms with Crippen LogP contribution in [-0.4, -0.2) is 29.8 Å². The summed E-state index contributed by atoms with van der Waals surface area (Å²) in [5.74, 6) is -0.912. The lowest BCUT2D eigenvalue weighted by Gasteiger charge is -1.99. The van der Waals surface area contributed by atoms with E-state index < -0.39 is 5.97 Å². The lowest BCUT2D eigenvalue weighted by Crippen LogP contribution is -1.96. The Hall–Kier alpha value is -2.59. The monoisotopic (exact) mass is 343 g/mol. The average Bonchev–Trinajstić information content (AvgIpc) is 3.07. The molecule has 0 amide bonds. The zero-order valence-corrected chi connectivity index (χ0v) is 15.6. The van der Waals surface area contributed by atoms with Crippen molar-refractivity contribution in [1.82, 2.24) is 4.98 Å². The highest BCUT2D eigenvalue weighted by atomic mass is 16.5. The van der Waals surface area contributed by atoms with Crippen LogP contribution in [0.4, 0.5) is 0 Å². The molecule has 0 aliphatic rings. The summed E-state index contributed by atoms with van der Waals surface area (Å²) < 4.78 is 4.57. The van der Waals surface area contributed by atoms with E-state index in [1.165, 1.54) is 12.0 Å². The number of aromatic carboxylic acids is 1. The fraction of sp³-hybridized carbons (Fsp3) is 0.286. The number of methoxy groups -OCH3 is 1. The summed E-state index contributed by atoms with van der Waals surface area (Å²) in [5.41, 5.74) is 3.25. The van der Waals surface area contributed by atoms with Crippen molar-refractivity contribution >= 4 is 5.97 Å². The van der Waals surface area contributed by atoms with E-state index in [1.807, 2.05) is 30.3 Å². The van der Waals surface area contributed by atoms with E-state index in [4.69, 9.17) is 5.11 Å². The zero-order valence-electron chi connectivity index (χ0n) is 15.6. The Kier molecular flexibility index (Phi) is 12.4.